The third-order valence-electron chi connectivity index (χ3n) is 8.16. The number of nitriles is 3. The Labute approximate surface area is 302 Å². The van der Waals surface area contributed by atoms with Gasteiger partial charge in [-0.15, -0.1) is 11.3 Å². The van der Waals surface area contributed by atoms with Crippen molar-refractivity contribution in [1.29, 1.82) is 15.8 Å². The predicted octanol–water partition coefficient (Wildman–Crippen LogP) is 10.9. The van der Waals surface area contributed by atoms with Gasteiger partial charge >= 0.3 is 6.18 Å². The molecule has 1 atom stereocenters. The number of nitrogens with zero attached hydrogens (tertiary/aromatic N) is 4. The number of halogens is 3. The molecule has 0 aliphatic carbocycles. The lowest BCUT2D eigenvalue weighted by atomic mass is 9.84. The molecule has 10 heteroatoms. The second-order valence-corrected chi connectivity index (χ2v) is 13.2. The summed E-state index contributed by atoms with van der Waals surface area (Å²) in [5, 5.41) is 29.0. The molecule has 51 heavy (non-hydrogen) atoms. The molecule has 0 fully saturated rings. The largest absolute Gasteiger partial charge is 0.489 e. The number of rotatable bonds is 15. The molecule has 0 radical (unpaired) electrons. The lowest BCUT2D eigenvalue weighted by Gasteiger charge is -2.33. The molecule has 262 valence electrons. The summed E-state index contributed by atoms with van der Waals surface area (Å²) < 4.78 is 56.9. The Hall–Kier alpha value is -5.50. The summed E-state index contributed by atoms with van der Waals surface area (Å²) in [6.07, 6.45) is 5.83. The van der Waals surface area contributed by atoms with Gasteiger partial charge in [0, 0.05) is 51.3 Å². The number of unbranched alkanes of at least 4 members (excludes halogenated alkanes) is 2. The third-order valence-corrected chi connectivity index (χ3v) is 9.18. The minimum absolute atomic E-state index is 0.292. The van der Waals surface area contributed by atoms with E-state index in [1.165, 1.54) is 47.8 Å². The number of anilines is 1. The van der Waals surface area contributed by atoms with Crippen LogP contribution in [0.5, 0.6) is 5.75 Å². The van der Waals surface area contributed by atoms with Crippen molar-refractivity contribution in [3.05, 3.63) is 122 Å². The number of alkyl halides is 3. The van der Waals surface area contributed by atoms with E-state index in [1.807, 2.05) is 31.2 Å². The molecule has 4 rings (SSSR count). The molecule has 3 aromatic rings. The molecule has 0 spiro atoms. The molecular weight excluding hydrogens is 670 g/mol. The molecule has 0 saturated carbocycles. The maximum Gasteiger partial charge on any atom is 0.437 e. The van der Waals surface area contributed by atoms with Crippen molar-refractivity contribution >= 4 is 35.3 Å². The Bertz CT molecular complexity index is 1950. The fourth-order valence-electron chi connectivity index (χ4n) is 5.57. The van der Waals surface area contributed by atoms with Crippen LogP contribution in [0.25, 0.3) is 18.2 Å². The van der Waals surface area contributed by atoms with E-state index in [1.54, 1.807) is 30.3 Å². The van der Waals surface area contributed by atoms with Gasteiger partial charge < -0.3 is 14.4 Å². The van der Waals surface area contributed by atoms with Gasteiger partial charge in [-0.25, -0.2) is 0 Å². The van der Waals surface area contributed by atoms with E-state index >= 15 is 13.2 Å². The summed E-state index contributed by atoms with van der Waals surface area (Å²) in [4.78, 5) is 3.83. The summed E-state index contributed by atoms with van der Waals surface area (Å²) in [5.41, 5.74) is -2.32. The second-order valence-electron chi connectivity index (χ2n) is 12.0. The molecule has 0 amide bonds. The van der Waals surface area contributed by atoms with Crippen LogP contribution in [0.15, 0.2) is 101 Å². The standard InChI is InChI=1S/C41H39F3N4O2S/c1-5-7-22-48(23-8-6-2)33-16-14-30(38(24-33)49-28-29(3)4)15-17-34-18-19-35(51-34)20-21-37-36(27-47)39(31(25-45)26-46)50-40(37,41(42,43)44)32-12-10-9-11-13-32/h9-21,24H,3,5-8,22-23,28H2,1-2,4H3/b17-15+,21-20+. The Morgan fingerprint density at radius 3 is 2.10 bits per heavy atom. The quantitative estimate of drug-likeness (QED) is 0.115. The van der Waals surface area contributed by atoms with Gasteiger partial charge in [-0.2, -0.15) is 29.0 Å². The lowest BCUT2D eigenvalue weighted by Crippen LogP contribution is -2.43. The number of ether oxygens (including phenoxy) is 2. The van der Waals surface area contributed by atoms with Crippen molar-refractivity contribution in [1.82, 2.24) is 0 Å². The molecule has 1 unspecified atom stereocenters. The molecule has 0 bridgehead atoms. The van der Waals surface area contributed by atoms with Gasteiger partial charge in [0.2, 0.25) is 0 Å². The monoisotopic (exact) mass is 708 g/mol. The molecule has 1 aliphatic rings. The van der Waals surface area contributed by atoms with Crippen LogP contribution < -0.4 is 9.64 Å². The van der Waals surface area contributed by atoms with Crippen molar-refractivity contribution in [2.45, 2.75) is 58.2 Å². The van der Waals surface area contributed by atoms with Crippen LogP contribution >= 0.6 is 11.3 Å². The Balaban J connectivity index is 1.71. The van der Waals surface area contributed by atoms with E-state index < -0.39 is 34.3 Å². The summed E-state index contributed by atoms with van der Waals surface area (Å²) in [6.45, 7) is 12.5. The maximum absolute atomic E-state index is 15.1. The molecule has 1 aromatic heterocycles. The summed E-state index contributed by atoms with van der Waals surface area (Å²) in [6, 6.07) is 21.5. The summed E-state index contributed by atoms with van der Waals surface area (Å²) in [7, 11) is 0. The normalized spacial score (nSPS) is 15.8. The van der Waals surface area contributed by atoms with Crippen molar-refractivity contribution < 1.29 is 22.6 Å². The van der Waals surface area contributed by atoms with E-state index in [9.17, 15) is 15.8 Å². The van der Waals surface area contributed by atoms with Gasteiger partial charge in [-0.3, -0.25) is 0 Å². The maximum atomic E-state index is 15.1. The highest BCUT2D eigenvalue weighted by Crippen LogP contribution is 2.56. The van der Waals surface area contributed by atoms with Gasteiger partial charge in [0.15, 0.2) is 11.3 Å². The van der Waals surface area contributed by atoms with Gasteiger partial charge in [-0.1, -0.05) is 69.7 Å². The van der Waals surface area contributed by atoms with Crippen LogP contribution in [0, 0.1) is 34.0 Å². The Morgan fingerprint density at radius 1 is 0.922 bits per heavy atom. The molecule has 0 saturated heterocycles. The summed E-state index contributed by atoms with van der Waals surface area (Å²) >= 11 is 1.33. The van der Waals surface area contributed by atoms with Gasteiger partial charge in [0.25, 0.3) is 5.60 Å². The smallest absolute Gasteiger partial charge is 0.437 e. The first-order valence-corrected chi connectivity index (χ1v) is 17.5. The van der Waals surface area contributed by atoms with Crippen molar-refractivity contribution in [3.8, 4) is 24.0 Å². The Kier molecular flexibility index (Phi) is 13.1. The second kappa shape index (κ2) is 17.4. The average Bonchev–Trinajstić information content (AvgIpc) is 3.72. The number of allylic oxidation sites excluding steroid dienone is 2. The first-order chi connectivity index (χ1) is 24.5. The highest BCUT2D eigenvalue weighted by Gasteiger charge is 2.65. The molecule has 1 aliphatic heterocycles. The number of hydrogen-bond donors (Lipinski definition) is 0. The van der Waals surface area contributed by atoms with Crippen LogP contribution in [0.1, 0.15) is 67.3 Å². The van der Waals surface area contributed by atoms with E-state index in [0.717, 1.165) is 66.2 Å². The van der Waals surface area contributed by atoms with Crippen LogP contribution in [0.3, 0.4) is 0 Å². The molecule has 0 N–H and O–H groups in total. The van der Waals surface area contributed by atoms with Crippen LogP contribution in [0.2, 0.25) is 0 Å². The number of hydrogen-bond acceptors (Lipinski definition) is 7. The van der Waals surface area contributed by atoms with E-state index in [4.69, 9.17) is 9.47 Å². The molecule has 2 heterocycles. The van der Waals surface area contributed by atoms with E-state index in [0.29, 0.717) is 11.5 Å². The van der Waals surface area contributed by atoms with E-state index in [-0.39, 0.29) is 5.56 Å². The number of benzene rings is 2. The van der Waals surface area contributed by atoms with Gasteiger partial charge in [0.1, 0.15) is 36.1 Å². The minimum Gasteiger partial charge on any atom is -0.489 e. The van der Waals surface area contributed by atoms with E-state index in [2.05, 4.69) is 37.5 Å². The fraction of sp³-hybridized carbons (Fsp3) is 0.293. The van der Waals surface area contributed by atoms with Crippen LogP contribution in [-0.2, 0) is 10.3 Å². The highest BCUT2D eigenvalue weighted by molar-refractivity contribution is 7.13. The van der Waals surface area contributed by atoms with Crippen molar-refractivity contribution in [3.63, 3.8) is 0 Å². The lowest BCUT2D eigenvalue weighted by molar-refractivity contribution is -0.249. The average molecular weight is 709 g/mol. The zero-order valence-electron chi connectivity index (χ0n) is 28.9. The third kappa shape index (κ3) is 8.81. The van der Waals surface area contributed by atoms with Crippen molar-refractivity contribution in [2.75, 3.05) is 24.6 Å². The Morgan fingerprint density at radius 2 is 1.55 bits per heavy atom. The highest BCUT2D eigenvalue weighted by atomic mass is 32.1. The molecular formula is C41H39F3N4O2S. The van der Waals surface area contributed by atoms with Gasteiger partial charge in [0.05, 0.1) is 0 Å². The topological polar surface area (TPSA) is 93.1 Å². The van der Waals surface area contributed by atoms with Gasteiger partial charge in [-0.05, 0) is 67.8 Å². The van der Waals surface area contributed by atoms with Crippen molar-refractivity contribution in [2.24, 2.45) is 0 Å². The molecule has 2 aromatic carbocycles. The molecule has 6 nitrogen and oxygen atoms in total. The van der Waals surface area contributed by atoms with Crippen LogP contribution in [-0.4, -0.2) is 25.9 Å². The zero-order valence-corrected chi connectivity index (χ0v) is 29.7. The fourth-order valence-corrected chi connectivity index (χ4v) is 6.39. The summed E-state index contributed by atoms with van der Waals surface area (Å²) in [5.74, 6) is 0.0219. The van der Waals surface area contributed by atoms with Crippen LogP contribution in [0.4, 0.5) is 18.9 Å². The minimum atomic E-state index is -5.06. The number of thiophene rings is 1. The zero-order chi connectivity index (χ0) is 37.0. The predicted molar refractivity (Wildman–Crippen MR) is 197 cm³/mol. The first-order valence-electron chi connectivity index (χ1n) is 16.7. The first kappa shape index (κ1) is 38.3. The SMILES string of the molecule is C=C(C)COc1cc(N(CCCC)CCCC)ccc1/C=C/c1ccc(/C=C/C2=C(C#N)C(=C(C#N)C#N)OC2(c2ccccc2)C(F)(F)F)s1.